The van der Waals surface area contributed by atoms with Crippen molar-refractivity contribution in [1.82, 2.24) is 5.32 Å². The van der Waals surface area contributed by atoms with E-state index in [0.717, 1.165) is 25.2 Å². The van der Waals surface area contributed by atoms with Gasteiger partial charge >= 0.3 is 0 Å². The van der Waals surface area contributed by atoms with Crippen LogP contribution in [0.15, 0.2) is 24.3 Å². The highest BCUT2D eigenvalue weighted by atomic mass is 16.1. The second-order valence-corrected chi connectivity index (χ2v) is 3.49. The van der Waals surface area contributed by atoms with E-state index in [9.17, 15) is 4.79 Å². The molecule has 0 fully saturated rings. The minimum atomic E-state index is -0.0289. The first-order valence-electron chi connectivity index (χ1n) is 5.29. The molecule has 0 aromatic heterocycles. The van der Waals surface area contributed by atoms with E-state index in [-0.39, 0.29) is 5.91 Å². The van der Waals surface area contributed by atoms with E-state index in [2.05, 4.69) is 23.6 Å². The second kappa shape index (κ2) is 6.19. The third-order valence-electron chi connectivity index (χ3n) is 2.09. The average Bonchev–Trinajstić information content (AvgIpc) is 2.18. The Labute approximate surface area is 90.9 Å². The zero-order valence-electron chi connectivity index (χ0n) is 9.34. The fourth-order valence-electron chi connectivity index (χ4n) is 1.42. The van der Waals surface area contributed by atoms with Gasteiger partial charge in [-0.15, -0.1) is 0 Å². The van der Waals surface area contributed by atoms with E-state index in [0.29, 0.717) is 0 Å². The third-order valence-corrected chi connectivity index (χ3v) is 2.09. The minimum absolute atomic E-state index is 0.0289. The van der Waals surface area contributed by atoms with Crippen LogP contribution >= 0.6 is 0 Å². The summed E-state index contributed by atoms with van der Waals surface area (Å²) < 4.78 is 0. The van der Waals surface area contributed by atoms with Crippen molar-refractivity contribution < 1.29 is 4.79 Å². The van der Waals surface area contributed by atoms with Crippen LogP contribution in [0.1, 0.15) is 19.4 Å². The molecule has 1 aromatic rings. The Morgan fingerprint density at radius 1 is 1.40 bits per heavy atom. The zero-order valence-corrected chi connectivity index (χ0v) is 9.34. The van der Waals surface area contributed by atoms with Crippen molar-refractivity contribution in [3.8, 4) is 0 Å². The van der Waals surface area contributed by atoms with Gasteiger partial charge < -0.3 is 10.6 Å². The van der Waals surface area contributed by atoms with Crippen molar-refractivity contribution in [2.45, 2.75) is 20.3 Å². The smallest absolute Gasteiger partial charge is 0.221 e. The van der Waals surface area contributed by atoms with Gasteiger partial charge in [-0.05, 0) is 37.2 Å². The van der Waals surface area contributed by atoms with Gasteiger partial charge in [-0.1, -0.05) is 19.1 Å². The van der Waals surface area contributed by atoms with Crippen LogP contribution in [0.3, 0.4) is 0 Å². The molecule has 0 radical (unpaired) electrons. The van der Waals surface area contributed by atoms with Crippen LogP contribution in [0, 0.1) is 0 Å². The summed E-state index contributed by atoms with van der Waals surface area (Å²) in [7, 11) is 0. The van der Waals surface area contributed by atoms with Gasteiger partial charge in [-0.3, -0.25) is 4.79 Å². The molecule has 3 nitrogen and oxygen atoms in total. The fourth-order valence-corrected chi connectivity index (χ4v) is 1.42. The molecule has 0 unspecified atom stereocenters. The molecule has 0 aliphatic heterocycles. The standard InChI is InChI=1S/C12H18N2O/c1-3-13-8-7-11-5-4-6-12(9-11)14-10(2)15/h4-6,9,13H,3,7-8H2,1-2H3,(H,14,15). The zero-order chi connectivity index (χ0) is 11.1. The van der Waals surface area contributed by atoms with E-state index in [1.807, 2.05) is 18.2 Å². The summed E-state index contributed by atoms with van der Waals surface area (Å²) in [6.45, 7) is 5.57. The topological polar surface area (TPSA) is 41.1 Å². The normalized spacial score (nSPS) is 10.0. The van der Waals surface area contributed by atoms with Crippen LogP contribution in [0.4, 0.5) is 5.69 Å². The lowest BCUT2D eigenvalue weighted by molar-refractivity contribution is -0.114. The molecular weight excluding hydrogens is 188 g/mol. The molecule has 0 saturated heterocycles. The van der Waals surface area contributed by atoms with Crippen LogP contribution in [0.2, 0.25) is 0 Å². The second-order valence-electron chi connectivity index (χ2n) is 3.49. The summed E-state index contributed by atoms with van der Waals surface area (Å²) in [5.41, 5.74) is 2.11. The number of nitrogens with one attached hydrogen (secondary N) is 2. The van der Waals surface area contributed by atoms with Crippen molar-refractivity contribution >= 4 is 11.6 Å². The lowest BCUT2D eigenvalue weighted by Crippen LogP contribution is -2.16. The predicted molar refractivity (Wildman–Crippen MR) is 63.0 cm³/mol. The van der Waals surface area contributed by atoms with Crippen LogP contribution < -0.4 is 10.6 Å². The van der Waals surface area contributed by atoms with Gasteiger partial charge in [0.05, 0.1) is 0 Å². The number of hydrogen-bond donors (Lipinski definition) is 2. The lowest BCUT2D eigenvalue weighted by atomic mass is 10.1. The third kappa shape index (κ3) is 4.61. The molecular formula is C12H18N2O. The van der Waals surface area contributed by atoms with Crippen molar-refractivity contribution in [1.29, 1.82) is 0 Å². The van der Waals surface area contributed by atoms with Crippen LogP contribution in [0.5, 0.6) is 0 Å². The maximum atomic E-state index is 10.9. The molecule has 0 aliphatic carbocycles. The van der Waals surface area contributed by atoms with Gasteiger partial charge in [0.2, 0.25) is 5.91 Å². The van der Waals surface area contributed by atoms with Gasteiger partial charge in [-0.25, -0.2) is 0 Å². The number of benzene rings is 1. The van der Waals surface area contributed by atoms with E-state index in [1.165, 1.54) is 12.5 Å². The van der Waals surface area contributed by atoms with Crippen molar-refractivity contribution in [2.75, 3.05) is 18.4 Å². The van der Waals surface area contributed by atoms with Gasteiger partial charge in [0.15, 0.2) is 0 Å². The van der Waals surface area contributed by atoms with Crippen LogP contribution in [0.25, 0.3) is 0 Å². The molecule has 0 bridgehead atoms. The van der Waals surface area contributed by atoms with Gasteiger partial charge in [0.1, 0.15) is 0 Å². The largest absolute Gasteiger partial charge is 0.326 e. The Kier molecular flexibility index (Phi) is 4.84. The first-order valence-corrected chi connectivity index (χ1v) is 5.29. The molecule has 0 saturated carbocycles. The molecule has 0 aliphatic rings. The molecule has 0 heterocycles. The Morgan fingerprint density at radius 2 is 2.20 bits per heavy atom. The highest BCUT2D eigenvalue weighted by Crippen LogP contribution is 2.10. The van der Waals surface area contributed by atoms with E-state index in [1.54, 1.807) is 0 Å². The maximum absolute atomic E-state index is 10.9. The van der Waals surface area contributed by atoms with Crippen molar-refractivity contribution in [3.05, 3.63) is 29.8 Å². The summed E-state index contributed by atoms with van der Waals surface area (Å²) in [5, 5.41) is 6.05. The van der Waals surface area contributed by atoms with E-state index in [4.69, 9.17) is 0 Å². The Hall–Kier alpha value is -1.35. The first-order chi connectivity index (χ1) is 7.22. The number of likely N-dealkylation sites (N-methyl/N-ethyl adjacent to an activating group) is 1. The number of carbonyl (C=O) groups excluding carboxylic acids is 1. The monoisotopic (exact) mass is 206 g/mol. The summed E-state index contributed by atoms with van der Waals surface area (Å²) in [4.78, 5) is 10.9. The summed E-state index contributed by atoms with van der Waals surface area (Å²) in [6.07, 6.45) is 0.987. The van der Waals surface area contributed by atoms with Crippen LogP contribution in [-0.2, 0) is 11.2 Å². The summed E-state index contributed by atoms with van der Waals surface area (Å²) >= 11 is 0. The quantitative estimate of drug-likeness (QED) is 0.721. The molecule has 3 heteroatoms. The Balaban J connectivity index is 2.53. The van der Waals surface area contributed by atoms with E-state index < -0.39 is 0 Å². The first kappa shape index (κ1) is 11.7. The molecule has 1 amide bonds. The van der Waals surface area contributed by atoms with E-state index >= 15 is 0 Å². The van der Waals surface area contributed by atoms with Crippen LogP contribution in [-0.4, -0.2) is 19.0 Å². The van der Waals surface area contributed by atoms with Gasteiger partial charge in [-0.2, -0.15) is 0 Å². The Morgan fingerprint density at radius 3 is 2.87 bits per heavy atom. The minimum Gasteiger partial charge on any atom is -0.326 e. The highest BCUT2D eigenvalue weighted by Gasteiger charge is 1.97. The number of amides is 1. The molecule has 82 valence electrons. The SMILES string of the molecule is CCNCCc1cccc(NC(C)=O)c1. The lowest BCUT2D eigenvalue weighted by Gasteiger charge is -2.05. The van der Waals surface area contributed by atoms with Crippen molar-refractivity contribution in [2.24, 2.45) is 0 Å². The van der Waals surface area contributed by atoms with Gasteiger partial charge in [0.25, 0.3) is 0 Å². The average molecular weight is 206 g/mol. The van der Waals surface area contributed by atoms with Crippen molar-refractivity contribution in [3.63, 3.8) is 0 Å². The molecule has 1 aromatic carbocycles. The summed E-state index contributed by atoms with van der Waals surface area (Å²) in [6, 6.07) is 7.95. The molecule has 0 spiro atoms. The molecule has 0 atom stereocenters. The number of hydrogen-bond acceptors (Lipinski definition) is 2. The number of rotatable bonds is 5. The number of anilines is 1. The predicted octanol–water partition coefficient (Wildman–Crippen LogP) is 1.80. The molecule has 2 N–H and O–H groups in total. The molecule has 15 heavy (non-hydrogen) atoms. The molecule has 1 rings (SSSR count). The summed E-state index contributed by atoms with van der Waals surface area (Å²) in [5.74, 6) is -0.0289. The fraction of sp³-hybridized carbons (Fsp3) is 0.417. The Bertz CT molecular complexity index is 323. The maximum Gasteiger partial charge on any atom is 0.221 e. The van der Waals surface area contributed by atoms with Gasteiger partial charge in [0, 0.05) is 12.6 Å². The number of carbonyl (C=O) groups is 1. The highest BCUT2D eigenvalue weighted by molar-refractivity contribution is 5.88.